The molecule has 0 amide bonds. The van der Waals surface area contributed by atoms with E-state index in [4.69, 9.17) is 0 Å². The number of hydrogen-bond donors (Lipinski definition) is 0. The van der Waals surface area contributed by atoms with Crippen molar-refractivity contribution in [2.24, 2.45) is 5.41 Å². The number of carbonyl (C=O) groups excluding carboxylic acids is 1. The maximum Gasteiger partial charge on any atom is 0.165 e. The van der Waals surface area contributed by atoms with Gasteiger partial charge in [-0.25, -0.2) is 0 Å². The van der Waals surface area contributed by atoms with Crippen LogP contribution < -0.4 is 0 Å². The molecule has 0 aliphatic heterocycles. The number of ketones is 1. The van der Waals surface area contributed by atoms with Gasteiger partial charge in [0, 0.05) is 0 Å². The van der Waals surface area contributed by atoms with Crippen LogP contribution in [0.3, 0.4) is 0 Å². The molecule has 1 aromatic rings. The highest BCUT2D eigenvalue weighted by atomic mass is 16.1. The third kappa shape index (κ3) is 1.12. The van der Waals surface area contributed by atoms with Gasteiger partial charge in [-0.1, -0.05) is 30.3 Å². The van der Waals surface area contributed by atoms with E-state index in [1.54, 1.807) is 6.08 Å². The molecule has 0 bridgehead atoms. The summed E-state index contributed by atoms with van der Waals surface area (Å²) in [6, 6.07) is 10.1. The Morgan fingerprint density at radius 1 is 1.08 bits per heavy atom. The predicted molar refractivity (Wildman–Crippen MR) is 53.2 cm³/mol. The monoisotopic (exact) mass is 172 g/mol. The van der Waals surface area contributed by atoms with Gasteiger partial charge in [-0.15, -0.1) is 0 Å². The van der Waals surface area contributed by atoms with Gasteiger partial charge in [-0.2, -0.15) is 0 Å². The smallest absolute Gasteiger partial charge is 0.165 e. The fourth-order valence-corrected chi connectivity index (χ4v) is 1.61. The molecule has 0 unspecified atom stereocenters. The van der Waals surface area contributed by atoms with E-state index >= 15 is 0 Å². The molecule has 2 rings (SSSR count). The summed E-state index contributed by atoms with van der Waals surface area (Å²) in [5, 5.41) is 0. The molecule has 0 radical (unpaired) electrons. The van der Waals surface area contributed by atoms with Gasteiger partial charge in [-0.3, -0.25) is 4.79 Å². The second-order valence-corrected chi connectivity index (χ2v) is 3.91. The Balaban J connectivity index is 2.42. The number of rotatable bonds is 1. The molecule has 0 aromatic heterocycles. The van der Waals surface area contributed by atoms with Crippen molar-refractivity contribution in [1.82, 2.24) is 0 Å². The lowest BCUT2D eigenvalue weighted by Crippen LogP contribution is -2.32. The Morgan fingerprint density at radius 2 is 1.69 bits per heavy atom. The van der Waals surface area contributed by atoms with Crippen LogP contribution in [-0.4, -0.2) is 5.78 Å². The lowest BCUT2D eigenvalue weighted by Gasteiger charge is -2.33. The second kappa shape index (κ2) is 2.56. The fourth-order valence-electron chi connectivity index (χ4n) is 1.61. The van der Waals surface area contributed by atoms with E-state index in [1.165, 1.54) is 0 Å². The number of carbonyl (C=O) groups is 1. The zero-order valence-electron chi connectivity index (χ0n) is 7.87. The first-order chi connectivity index (χ1) is 6.12. The highest BCUT2D eigenvalue weighted by molar-refractivity contribution is 6.17. The van der Waals surface area contributed by atoms with Gasteiger partial charge >= 0.3 is 0 Å². The van der Waals surface area contributed by atoms with Crippen LogP contribution in [0.15, 0.2) is 36.4 Å². The Morgan fingerprint density at radius 3 is 2.15 bits per heavy atom. The third-order valence-electron chi connectivity index (χ3n) is 2.65. The van der Waals surface area contributed by atoms with Crippen molar-refractivity contribution in [3.05, 3.63) is 42.0 Å². The van der Waals surface area contributed by atoms with E-state index in [2.05, 4.69) is 0 Å². The van der Waals surface area contributed by atoms with Crippen LogP contribution in [0.4, 0.5) is 0 Å². The van der Waals surface area contributed by atoms with Crippen molar-refractivity contribution in [2.45, 2.75) is 13.8 Å². The van der Waals surface area contributed by atoms with Crippen LogP contribution in [0.1, 0.15) is 19.4 Å². The van der Waals surface area contributed by atoms with Gasteiger partial charge in [0.2, 0.25) is 0 Å². The van der Waals surface area contributed by atoms with Crippen molar-refractivity contribution >= 4 is 11.4 Å². The minimum atomic E-state index is -0.276. The molecule has 1 aliphatic carbocycles. The number of allylic oxidation sites excluding steroid dienone is 2. The molecule has 0 saturated carbocycles. The summed E-state index contributed by atoms with van der Waals surface area (Å²) in [5.41, 5.74) is 2.03. The van der Waals surface area contributed by atoms with Crippen LogP contribution in [0.25, 0.3) is 5.57 Å². The van der Waals surface area contributed by atoms with Crippen molar-refractivity contribution in [3.8, 4) is 0 Å². The van der Waals surface area contributed by atoms with E-state index in [0.717, 1.165) is 11.1 Å². The van der Waals surface area contributed by atoms with Gasteiger partial charge in [-0.05, 0) is 31.1 Å². The average Bonchev–Trinajstić information content (AvgIpc) is 2.15. The first-order valence-electron chi connectivity index (χ1n) is 4.44. The normalized spacial score (nSPS) is 19.2. The molecule has 66 valence electrons. The minimum Gasteiger partial charge on any atom is -0.294 e. The Bertz CT molecular complexity index is 371. The fraction of sp³-hybridized carbons (Fsp3) is 0.250. The highest BCUT2D eigenvalue weighted by Crippen LogP contribution is 2.43. The lowest BCUT2D eigenvalue weighted by molar-refractivity contribution is -0.121. The summed E-state index contributed by atoms with van der Waals surface area (Å²) in [6.07, 6.45) is 1.73. The van der Waals surface area contributed by atoms with E-state index in [1.807, 2.05) is 44.2 Å². The first-order valence-corrected chi connectivity index (χ1v) is 4.44. The van der Waals surface area contributed by atoms with E-state index in [0.29, 0.717) is 0 Å². The van der Waals surface area contributed by atoms with Crippen LogP contribution in [0, 0.1) is 5.41 Å². The predicted octanol–water partition coefficient (Wildman–Crippen LogP) is 2.68. The SMILES string of the molecule is CC1(C)C(=O)C=C1c1ccccc1. The van der Waals surface area contributed by atoms with E-state index < -0.39 is 0 Å². The van der Waals surface area contributed by atoms with Crippen LogP contribution >= 0.6 is 0 Å². The highest BCUT2D eigenvalue weighted by Gasteiger charge is 2.39. The Kier molecular flexibility index (Phi) is 1.62. The zero-order chi connectivity index (χ0) is 9.47. The maximum atomic E-state index is 11.3. The molecular formula is C12H12O. The third-order valence-corrected chi connectivity index (χ3v) is 2.65. The molecule has 1 aliphatic rings. The van der Waals surface area contributed by atoms with Crippen molar-refractivity contribution in [1.29, 1.82) is 0 Å². The quantitative estimate of drug-likeness (QED) is 0.636. The molecule has 0 spiro atoms. The van der Waals surface area contributed by atoms with Crippen LogP contribution in [0.2, 0.25) is 0 Å². The maximum absolute atomic E-state index is 11.3. The molecule has 1 heteroatoms. The molecule has 0 saturated heterocycles. The van der Waals surface area contributed by atoms with Gasteiger partial charge in [0.05, 0.1) is 5.41 Å². The zero-order valence-corrected chi connectivity index (χ0v) is 7.87. The summed E-state index contributed by atoms with van der Waals surface area (Å²) in [4.78, 5) is 11.3. The van der Waals surface area contributed by atoms with Crippen molar-refractivity contribution in [3.63, 3.8) is 0 Å². The topological polar surface area (TPSA) is 17.1 Å². The van der Waals surface area contributed by atoms with Gasteiger partial charge in [0.15, 0.2) is 5.78 Å². The van der Waals surface area contributed by atoms with Crippen LogP contribution in [0.5, 0.6) is 0 Å². The molecule has 13 heavy (non-hydrogen) atoms. The first kappa shape index (κ1) is 8.24. The van der Waals surface area contributed by atoms with Gasteiger partial charge < -0.3 is 0 Å². The standard InChI is InChI=1S/C12H12O/c1-12(2)10(8-11(12)13)9-6-4-3-5-7-9/h3-8H,1-2H3. The molecular weight excluding hydrogens is 160 g/mol. The van der Waals surface area contributed by atoms with E-state index in [9.17, 15) is 4.79 Å². The molecule has 0 fully saturated rings. The van der Waals surface area contributed by atoms with Crippen LogP contribution in [-0.2, 0) is 4.79 Å². The van der Waals surface area contributed by atoms with Crippen molar-refractivity contribution in [2.75, 3.05) is 0 Å². The summed E-state index contributed by atoms with van der Waals surface area (Å²) >= 11 is 0. The van der Waals surface area contributed by atoms with Gasteiger partial charge in [0.1, 0.15) is 0 Å². The summed E-state index contributed by atoms with van der Waals surface area (Å²) in [5.74, 6) is 0.228. The summed E-state index contributed by atoms with van der Waals surface area (Å²) < 4.78 is 0. The van der Waals surface area contributed by atoms with E-state index in [-0.39, 0.29) is 11.2 Å². The number of benzene rings is 1. The number of hydrogen-bond acceptors (Lipinski definition) is 1. The molecule has 0 heterocycles. The molecule has 1 aromatic carbocycles. The Hall–Kier alpha value is -1.37. The minimum absolute atomic E-state index is 0.228. The molecule has 1 nitrogen and oxygen atoms in total. The summed E-state index contributed by atoms with van der Waals surface area (Å²) in [6.45, 7) is 3.94. The molecule has 0 atom stereocenters. The average molecular weight is 172 g/mol. The van der Waals surface area contributed by atoms with Gasteiger partial charge in [0.25, 0.3) is 0 Å². The summed E-state index contributed by atoms with van der Waals surface area (Å²) in [7, 11) is 0. The Labute approximate surface area is 78.1 Å². The molecule has 0 N–H and O–H groups in total. The van der Waals surface area contributed by atoms with Crippen molar-refractivity contribution < 1.29 is 4.79 Å². The largest absolute Gasteiger partial charge is 0.294 e. The second-order valence-electron chi connectivity index (χ2n) is 3.91. The lowest BCUT2D eigenvalue weighted by atomic mass is 9.68.